The Kier molecular flexibility index (Phi) is 6.72. The molecule has 1 aliphatic rings. The van der Waals surface area contributed by atoms with Crippen molar-refractivity contribution in [2.45, 2.75) is 51.1 Å². The highest BCUT2D eigenvalue weighted by molar-refractivity contribution is 5.54. The van der Waals surface area contributed by atoms with E-state index in [-0.39, 0.29) is 41.1 Å². The van der Waals surface area contributed by atoms with Gasteiger partial charge in [-0.05, 0) is 44.6 Å². The molecule has 12 heteroatoms. The molecule has 32 heavy (non-hydrogen) atoms. The van der Waals surface area contributed by atoms with E-state index in [4.69, 9.17) is 11.5 Å². The zero-order chi connectivity index (χ0) is 23.5. The summed E-state index contributed by atoms with van der Waals surface area (Å²) in [5.74, 6) is -0.362. The smallest absolute Gasteiger partial charge is 0.405 e. The summed E-state index contributed by atoms with van der Waals surface area (Å²) in [6.07, 6.45) is -0.574. The Bertz CT molecular complexity index is 960. The van der Waals surface area contributed by atoms with E-state index in [1.165, 1.54) is 18.2 Å². The molecule has 0 amide bonds. The summed E-state index contributed by atoms with van der Waals surface area (Å²) in [5, 5.41) is 11.0. The summed E-state index contributed by atoms with van der Waals surface area (Å²) < 4.78 is 42.7. The maximum Gasteiger partial charge on any atom is 0.573 e. The average molecular weight is 454 g/mol. The lowest BCUT2D eigenvalue weighted by Gasteiger charge is -2.36. The number of hydrogen-bond acceptors (Lipinski definition) is 8. The number of halogens is 3. The third-order valence-electron chi connectivity index (χ3n) is 5.55. The largest absolute Gasteiger partial charge is 0.573 e. The van der Waals surface area contributed by atoms with Gasteiger partial charge in [0.25, 0.3) is 0 Å². The number of nitrogen functional groups attached to an aromatic ring is 1. The summed E-state index contributed by atoms with van der Waals surface area (Å²) in [5.41, 5.74) is 11.5. The highest BCUT2D eigenvalue weighted by Gasteiger charge is 2.33. The van der Waals surface area contributed by atoms with Gasteiger partial charge in [0.05, 0.1) is 4.92 Å². The fraction of sp³-hybridized carbons (Fsp3) is 0.500. The van der Waals surface area contributed by atoms with Gasteiger partial charge in [-0.3, -0.25) is 10.1 Å². The Hall–Kier alpha value is -3.15. The number of rotatable bonds is 7. The van der Waals surface area contributed by atoms with E-state index in [1.807, 2.05) is 6.92 Å². The van der Waals surface area contributed by atoms with Gasteiger partial charge in [-0.1, -0.05) is 18.2 Å². The minimum atomic E-state index is -4.84. The molecule has 1 aromatic carbocycles. The minimum Gasteiger partial charge on any atom is -0.405 e. The van der Waals surface area contributed by atoms with Crippen molar-refractivity contribution in [1.82, 2.24) is 9.97 Å². The first-order valence-corrected chi connectivity index (χ1v) is 10.1. The third kappa shape index (κ3) is 6.19. The van der Waals surface area contributed by atoms with Crippen LogP contribution < -0.4 is 21.1 Å². The monoisotopic (exact) mass is 454 g/mol. The number of hydrogen-bond donors (Lipinski definition) is 2. The van der Waals surface area contributed by atoms with Crippen LogP contribution in [-0.4, -0.2) is 33.3 Å². The Morgan fingerprint density at radius 2 is 1.97 bits per heavy atom. The van der Waals surface area contributed by atoms with E-state index in [1.54, 1.807) is 11.0 Å². The van der Waals surface area contributed by atoms with Crippen LogP contribution in [0.3, 0.4) is 0 Å². The second kappa shape index (κ2) is 9.15. The predicted molar refractivity (Wildman–Crippen MR) is 112 cm³/mol. The number of ether oxygens (including phenoxy) is 1. The van der Waals surface area contributed by atoms with Crippen molar-refractivity contribution in [2.75, 3.05) is 17.2 Å². The lowest BCUT2D eigenvalue weighted by Crippen LogP contribution is -2.42. The fourth-order valence-corrected chi connectivity index (χ4v) is 3.78. The van der Waals surface area contributed by atoms with Crippen LogP contribution in [0.25, 0.3) is 0 Å². The van der Waals surface area contributed by atoms with E-state index in [9.17, 15) is 23.3 Å². The normalized spacial score (nSPS) is 21.2. The molecule has 1 saturated carbocycles. The number of nitro groups is 1. The summed E-state index contributed by atoms with van der Waals surface area (Å²) in [7, 11) is 0. The lowest BCUT2D eigenvalue weighted by atomic mass is 9.78. The molecule has 0 bridgehead atoms. The molecule has 4 N–H and O–H groups in total. The van der Waals surface area contributed by atoms with E-state index < -0.39 is 17.0 Å². The topological polar surface area (TPSA) is 133 Å². The van der Waals surface area contributed by atoms with Gasteiger partial charge in [0, 0.05) is 24.2 Å². The van der Waals surface area contributed by atoms with Crippen molar-refractivity contribution in [3.8, 4) is 5.75 Å². The Labute approximate surface area is 182 Å². The van der Waals surface area contributed by atoms with Crippen LogP contribution in [0.2, 0.25) is 0 Å². The molecular weight excluding hydrogens is 429 g/mol. The Morgan fingerprint density at radius 3 is 2.56 bits per heavy atom. The van der Waals surface area contributed by atoms with Crippen LogP contribution in [0.4, 0.5) is 30.6 Å². The Balaban J connectivity index is 1.90. The van der Waals surface area contributed by atoms with Crippen LogP contribution in [0.15, 0.2) is 30.5 Å². The maximum atomic E-state index is 12.8. The molecule has 1 aromatic heterocycles. The van der Waals surface area contributed by atoms with Gasteiger partial charge in [-0.25, -0.2) is 4.98 Å². The molecule has 9 nitrogen and oxygen atoms in total. The van der Waals surface area contributed by atoms with Crippen molar-refractivity contribution in [2.24, 2.45) is 11.7 Å². The second-order valence-corrected chi connectivity index (χ2v) is 8.33. The number of nitrogens with two attached hydrogens (primary N) is 2. The number of para-hydroxylation sites is 1. The molecule has 0 radical (unpaired) electrons. The molecule has 3 rings (SSSR count). The summed E-state index contributed by atoms with van der Waals surface area (Å²) in [6.45, 7) is 2.42. The van der Waals surface area contributed by atoms with Gasteiger partial charge >= 0.3 is 12.0 Å². The first-order valence-electron chi connectivity index (χ1n) is 10.1. The third-order valence-corrected chi connectivity index (χ3v) is 5.55. The molecule has 0 spiro atoms. The van der Waals surface area contributed by atoms with Gasteiger partial charge in [-0.2, -0.15) is 4.98 Å². The fourth-order valence-electron chi connectivity index (χ4n) is 3.78. The second-order valence-electron chi connectivity index (χ2n) is 8.33. The van der Waals surface area contributed by atoms with Gasteiger partial charge in [0.2, 0.25) is 11.8 Å². The van der Waals surface area contributed by atoms with E-state index in [0.29, 0.717) is 6.54 Å². The highest BCUT2D eigenvalue weighted by Crippen LogP contribution is 2.33. The molecular formula is C20H25F3N6O3. The molecule has 0 aliphatic heterocycles. The molecule has 0 saturated heterocycles. The van der Waals surface area contributed by atoms with Crippen molar-refractivity contribution in [1.29, 1.82) is 0 Å². The minimum absolute atomic E-state index is 0.000102. The molecule has 2 aromatic rings. The quantitative estimate of drug-likeness (QED) is 0.477. The molecule has 0 atom stereocenters. The lowest BCUT2D eigenvalue weighted by molar-refractivity contribution is -0.384. The first-order chi connectivity index (χ1) is 14.9. The number of alkyl halides is 3. The molecule has 1 fully saturated rings. The first kappa shape index (κ1) is 23.5. The van der Waals surface area contributed by atoms with Crippen molar-refractivity contribution < 1.29 is 22.8 Å². The number of anilines is 2. The van der Waals surface area contributed by atoms with Crippen LogP contribution in [-0.2, 0) is 6.54 Å². The van der Waals surface area contributed by atoms with Crippen LogP contribution in [0.5, 0.6) is 5.75 Å². The van der Waals surface area contributed by atoms with E-state index >= 15 is 0 Å². The summed E-state index contributed by atoms with van der Waals surface area (Å²) in [6, 6.07) is 5.79. The molecule has 1 aliphatic carbocycles. The number of aromatic nitrogens is 2. The zero-order valence-corrected chi connectivity index (χ0v) is 17.5. The van der Waals surface area contributed by atoms with E-state index in [2.05, 4.69) is 14.7 Å². The van der Waals surface area contributed by atoms with E-state index in [0.717, 1.165) is 31.9 Å². The zero-order valence-electron chi connectivity index (χ0n) is 17.5. The number of benzene rings is 1. The van der Waals surface area contributed by atoms with Crippen LogP contribution in [0.1, 0.15) is 38.2 Å². The van der Waals surface area contributed by atoms with Crippen LogP contribution in [0, 0.1) is 16.0 Å². The average Bonchev–Trinajstić information content (AvgIpc) is 2.69. The van der Waals surface area contributed by atoms with Crippen molar-refractivity contribution in [3.63, 3.8) is 0 Å². The van der Waals surface area contributed by atoms with Crippen LogP contribution >= 0.6 is 0 Å². The Morgan fingerprint density at radius 1 is 1.31 bits per heavy atom. The van der Waals surface area contributed by atoms with Gasteiger partial charge < -0.3 is 21.1 Å². The SMILES string of the molecule is C[C@]1(N)CC[C@H](CN(Cc2ccccc2OC(F)(F)F)c2ncc([N+](=O)[O-])c(N)n2)CC1. The molecule has 1 heterocycles. The summed E-state index contributed by atoms with van der Waals surface area (Å²) >= 11 is 0. The maximum absolute atomic E-state index is 12.8. The highest BCUT2D eigenvalue weighted by atomic mass is 19.4. The number of nitrogens with zero attached hydrogens (tertiary/aromatic N) is 4. The predicted octanol–water partition coefficient (Wildman–Crippen LogP) is 3.78. The summed E-state index contributed by atoms with van der Waals surface area (Å²) in [4.78, 5) is 20.1. The van der Waals surface area contributed by atoms with Crippen molar-refractivity contribution >= 4 is 17.5 Å². The van der Waals surface area contributed by atoms with Gasteiger partial charge in [0.15, 0.2) is 0 Å². The van der Waals surface area contributed by atoms with Gasteiger partial charge in [-0.15, -0.1) is 13.2 Å². The van der Waals surface area contributed by atoms with Crippen molar-refractivity contribution in [3.05, 3.63) is 46.1 Å². The van der Waals surface area contributed by atoms with Gasteiger partial charge in [0.1, 0.15) is 11.9 Å². The molecule has 174 valence electrons. The molecule has 0 unspecified atom stereocenters. The standard InChI is InChI=1S/C20H25F3N6O3/c1-19(25)8-6-13(7-9-19)11-28(18-26-10-15(29(30)31)17(24)27-18)12-14-4-2-3-5-16(14)32-20(21,22)23/h2-5,10,13H,6-9,11-12,25H2,1H3,(H2,24,26,27)/t13-,19-.